The molecular formula is C10H14NO5PS2. The molecular weight excluding hydrogens is 309 g/mol. The number of nitrogens with one attached hydrogen (secondary N) is 1. The standard InChI is InChI=1S/C10H14NO5PS2/c1-18-8-4-2-7(3-5-8)10(17(14,15)16)19-6-9(12)11-13/h2-5,10,13H,6H2,1H3,(H,11,12)(H2,14,15,16). The van der Waals surface area contributed by atoms with Gasteiger partial charge in [-0.3, -0.25) is 14.6 Å². The normalized spacial score (nSPS) is 13.1. The Morgan fingerprint density at radius 1 is 1.37 bits per heavy atom. The summed E-state index contributed by atoms with van der Waals surface area (Å²) in [6, 6.07) is 6.77. The first-order valence-electron chi connectivity index (χ1n) is 5.12. The third kappa shape index (κ3) is 5.18. The number of benzene rings is 1. The predicted molar refractivity (Wildman–Crippen MR) is 75.4 cm³/mol. The van der Waals surface area contributed by atoms with E-state index in [0.29, 0.717) is 5.56 Å². The minimum Gasteiger partial charge on any atom is -0.323 e. The van der Waals surface area contributed by atoms with Crippen molar-refractivity contribution in [3.63, 3.8) is 0 Å². The Bertz CT molecular complexity index is 475. The van der Waals surface area contributed by atoms with Crippen LogP contribution in [0.25, 0.3) is 0 Å². The molecule has 0 heterocycles. The van der Waals surface area contributed by atoms with Gasteiger partial charge in [-0.25, -0.2) is 5.48 Å². The van der Waals surface area contributed by atoms with E-state index >= 15 is 0 Å². The fourth-order valence-corrected chi connectivity index (χ4v) is 4.04. The monoisotopic (exact) mass is 323 g/mol. The summed E-state index contributed by atoms with van der Waals surface area (Å²) in [5.41, 5.74) is 1.87. The van der Waals surface area contributed by atoms with Gasteiger partial charge in [0.1, 0.15) is 4.99 Å². The van der Waals surface area contributed by atoms with Gasteiger partial charge in [0.05, 0.1) is 5.75 Å². The van der Waals surface area contributed by atoms with Crippen molar-refractivity contribution in [3.8, 4) is 0 Å². The van der Waals surface area contributed by atoms with Gasteiger partial charge >= 0.3 is 7.60 Å². The molecule has 1 atom stereocenters. The minimum absolute atomic E-state index is 0.240. The van der Waals surface area contributed by atoms with Crippen LogP contribution in [0, 0.1) is 0 Å². The molecule has 0 spiro atoms. The molecule has 0 bridgehead atoms. The van der Waals surface area contributed by atoms with Crippen molar-refractivity contribution in [2.45, 2.75) is 9.89 Å². The predicted octanol–water partition coefficient (Wildman–Crippen LogP) is 1.82. The van der Waals surface area contributed by atoms with Crippen LogP contribution < -0.4 is 5.48 Å². The maximum atomic E-state index is 11.5. The van der Waals surface area contributed by atoms with Crippen LogP contribution in [0.1, 0.15) is 10.6 Å². The van der Waals surface area contributed by atoms with Crippen LogP contribution in [0.2, 0.25) is 0 Å². The van der Waals surface area contributed by atoms with Crippen molar-refractivity contribution < 1.29 is 24.4 Å². The van der Waals surface area contributed by atoms with Crippen molar-refractivity contribution in [3.05, 3.63) is 29.8 Å². The molecule has 0 saturated carbocycles. The van der Waals surface area contributed by atoms with Gasteiger partial charge in [0.2, 0.25) is 0 Å². The SMILES string of the molecule is CSc1ccc(C(SCC(=O)NO)P(=O)(O)O)cc1. The molecule has 1 aromatic rings. The number of carbonyl (C=O) groups excluding carboxylic acids is 1. The van der Waals surface area contributed by atoms with Crippen LogP contribution in [0.15, 0.2) is 29.2 Å². The van der Waals surface area contributed by atoms with Gasteiger partial charge in [0.25, 0.3) is 5.91 Å². The number of amides is 1. The summed E-state index contributed by atoms with van der Waals surface area (Å²) < 4.78 is 11.5. The van der Waals surface area contributed by atoms with Crippen LogP contribution in [0.4, 0.5) is 0 Å². The van der Waals surface area contributed by atoms with Gasteiger partial charge in [-0.1, -0.05) is 12.1 Å². The Balaban J connectivity index is 2.90. The molecule has 1 amide bonds. The maximum absolute atomic E-state index is 11.5. The van der Waals surface area contributed by atoms with Gasteiger partial charge in [-0.2, -0.15) is 0 Å². The van der Waals surface area contributed by atoms with Gasteiger partial charge in [-0.15, -0.1) is 23.5 Å². The molecule has 0 aliphatic carbocycles. The van der Waals surface area contributed by atoms with Crippen molar-refractivity contribution in [1.82, 2.24) is 5.48 Å². The van der Waals surface area contributed by atoms with Crippen molar-refractivity contribution >= 4 is 37.0 Å². The molecule has 0 aliphatic rings. The topological polar surface area (TPSA) is 107 Å². The molecule has 1 unspecified atom stereocenters. The zero-order valence-electron chi connectivity index (χ0n) is 10.0. The lowest BCUT2D eigenvalue weighted by atomic mass is 10.2. The van der Waals surface area contributed by atoms with Crippen molar-refractivity contribution in [1.29, 1.82) is 0 Å². The van der Waals surface area contributed by atoms with Gasteiger partial charge in [0, 0.05) is 4.90 Å². The first kappa shape index (κ1) is 16.6. The second-order valence-corrected chi connectivity index (χ2v) is 7.58. The van der Waals surface area contributed by atoms with E-state index in [-0.39, 0.29) is 5.75 Å². The zero-order chi connectivity index (χ0) is 14.5. The highest BCUT2D eigenvalue weighted by atomic mass is 32.2. The maximum Gasteiger partial charge on any atom is 0.342 e. The fraction of sp³-hybridized carbons (Fsp3) is 0.300. The summed E-state index contributed by atoms with van der Waals surface area (Å²) in [6.07, 6.45) is 1.90. The summed E-state index contributed by atoms with van der Waals surface area (Å²) in [6.45, 7) is 0. The molecule has 9 heteroatoms. The number of rotatable bonds is 6. The van der Waals surface area contributed by atoms with E-state index in [1.54, 1.807) is 24.3 Å². The Morgan fingerprint density at radius 2 is 1.95 bits per heavy atom. The molecule has 6 nitrogen and oxygen atoms in total. The Hall–Kier alpha value is -0.500. The highest BCUT2D eigenvalue weighted by molar-refractivity contribution is 8.05. The Morgan fingerprint density at radius 3 is 2.37 bits per heavy atom. The first-order valence-corrected chi connectivity index (χ1v) is 9.07. The molecule has 1 rings (SSSR count). The molecule has 0 fully saturated rings. The zero-order valence-corrected chi connectivity index (χ0v) is 12.5. The molecule has 19 heavy (non-hydrogen) atoms. The largest absolute Gasteiger partial charge is 0.342 e. The van der Waals surface area contributed by atoms with E-state index in [0.717, 1.165) is 16.7 Å². The van der Waals surface area contributed by atoms with Crippen molar-refractivity contribution in [2.75, 3.05) is 12.0 Å². The number of thioether (sulfide) groups is 2. The molecule has 1 aromatic carbocycles. The van der Waals surface area contributed by atoms with Crippen LogP contribution in [-0.4, -0.2) is 32.9 Å². The first-order chi connectivity index (χ1) is 8.88. The van der Waals surface area contributed by atoms with E-state index < -0.39 is 18.5 Å². The Kier molecular flexibility index (Phi) is 6.38. The van der Waals surface area contributed by atoms with Crippen LogP contribution in [0.5, 0.6) is 0 Å². The fourth-order valence-electron chi connectivity index (χ4n) is 1.34. The molecule has 0 aromatic heterocycles. The lowest BCUT2D eigenvalue weighted by Gasteiger charge is -2.18. The molecule has 0 radical (unpaired) electrons. The van der Waals surface area contributed by atoms with E-state index in [1.807, 2.05) is 6.26 Å². The van der Waals surface area contributed by atoms with Crippen LogP contribution in [0.3, 0.4) is 0 Å². The quantitative estimate of drug-likeness (QED) is 0.274. The van der Waals surface area contributed by atoms with E-state index in [9.17, 15) is 19.1 Å². The summed E-state index contributed by atoms with van der Waals surface area (Å²) in [5, 5.41) is 8.38. The highest BCUT2D eigenvalue weighted by Crippen LogP contribution is 2.58. The number of carbonyl (C=O) groups is 1. The smallest absolute Gasteiger partial charge is 0.323 e. The average Bonchev–Trinajstić information content (AvgIpc) is 2.37. The summed E-state index contributed by atoms with van der Waals surface area (Å²) in [4.78, 5) is 29.5. The second kappa shape index (κ2) is 7.33. The van der Waals surface area contributed by atoms with E-state index in [2.05, 4.69) is 0 Å². The second-order valence-electron chi connectivity index (χ2n) is 3.56. The number of hydrogen-bond acceptors (Lipinski definition) is 5. The molecule has 0 aliphatic heterocycles. The Labute approximate surface area is 119 Å². The number of hydroxylamine groups is 1. The molecule has 106 valence electrons. The summed E-state index contributed by atoms with van der Waals surface area (Å²) >= 11 is 2.31. The van der Waals surface area contributed by atoms with E-state index in [1.165, 1.54) is 17.2 Å². The van der Waals surface area contributed by atoms with Gasteiger partial charge in [-0.05, 0) is 24.0 Å². The van der Waals surface area contributed by atoms with Gasteiger partial charge in [0.15, 0.2) is 0 Å². The highest BCUT2D eigenvalue weighted by Gasteiger charge is 2.31. The molecule has 4 N–H and O–H groups in total. The lowest BCUT2D eigenvalue weighted by Crippen LogP contribution is -2.21. The summed E-state index contributed by atoms with van der Waals surface area (Å²) in [5.74, 6) is -0.944. The van der Waals surface area contributed by atoms with Crippen LogP contribution >= 0.6 is 31.1 Å². The lowest BCUT2D eigenvalue weighted by molar-refractivity contribution is -0.126. The third-order valence-corrected chi connectivity index (χ3v) is 6.14. The average molecular weight is 323 g/mol. The summed E-state index contributed by atoms with van der Waals surface area (Å²) in [7, 11) is -4.39. The van der Waals surface area contributed by atoms with Crippen LogP contribution in [-0.2, 0) is 9.36 Å². The minimum atomic E-state index is -4.39. The van der Waals surface area contributed by atoms with Crippen molar-refractivity contribution in [2.24, 2.45) is 0 Å². The molecule has 0 saturated heterocycles. The third-order valence-electron chi connectivity index (χ3n) is 2.20. The van der Waals surface area contributed by atoms with Gasteiger partial charge < -0.3 is 9.79 Å². The van der Waals surface area contributed by atoms with E-state index in [4.69, 9.17) is 5.21 Å². The number of hydrogen-bond donors (Lipinski definition) is 4.